The topological polar surface area (TPSA) is 33.0 Å². The third kappa shape index (κ3) is 4.64. The molecular formula is C15H9F6NO. The first-order valence-electron chi connectivity index (χ1n) is 6.02. The summed E-state index contributed by atoms with van der Waals surface area (Å²) in [5.41, 5.74) is -0.788. The smallest absolute Gasteiger partial charge is 0.177 e. The molecule has 0 amide bonds. The molecule has 0 spiro atoms. The van der Waals surface area contributed by atoms with Gasteiger partial charge in [0.2, 0.25) is 0 Å². The van der Waals surface area contributed by atoms with E-state index < -0.39 is 46.8 Å². The van der Waals surface area contributed by atoms with Gasteiger partial charge in [-0.2, -0.15) is 5.26 Å². The van der Waals surface area contributed by atoms with Gasteiger partial charge in [-0.1, -0.05) is 0 Å². The fourth-order valence-electron chi connectivity index (χ4n) is 1.56. The Morgan fingerprint density at radius 3 is 1.78 bits per heavy atom. The summed E-state index contributed by atoms with van der Waals surface area (Å²) in [5, 5.41) is 8.20. The van der Waals surface area contributed by atoms with Crippen LogP contribution >= 0.6 is 0 Å². The molecule has 0 aliphatic heterocycles. The zero-order valence-electron chi connectivity index (χ0n) is 11.6. The Bertz CT molecular complexity index is 695. The Labute approximate surface area is 127 Å². The van der Waals surface area contributed by atoms with Crippen LogP contribution in [0.25, 0.3) is 0 Å². The fraction of sp³-hybridized carbons (Fsp3) is 0.133. The molecule has 0 saturated carbocycles. The van der Waals surface area contributed by atoms with Crippen LogP contribution in [0.15, 0.2) is 24.3 Å². The van der Waals surface area contributed by atoms with E-state index in [1.807, 2.05) is 0 Å². The monoisotopic (exact) mass is 333 g/mol. The van der Waals surface area contributed by atoms with E-state index in [2.05, 4.69) is 4.94 Å². The lowest BCUT2D eigenvalue weighted by atomic mass is 10.1. The maximum atomic E-state index is 12.6. The van der Waals surface area contributed by atoms with Crippen LogP contribution in [0.3, 0.4) is 0 Å². The Balaban J connectivity index is 0.000000231. The maximum absolute atomic E-state index is 12.6. The Kier molecular flexibility index (Phi) is 6.45. The van der Waals surface area contributed by atoms with E-state index in [0.29, 0.717) is 17.7 Å². The minimum atomic E-state index is -1.15. The molecule has 0 atom stereocenters. The summed E-state index contributed by atoms with van der Waals surface area (Å²) in [7, 11) is 0. The molecule has 23 heavy (non-hydrogen) atoms. The van der Waals surface area contributed by atoms with E-state index >= 15 is 0 Å². The summed E-state index contributed by atoms with van der Waals surface area (Å²) < 4.78 is 73.7. The van der Waals surface area contributed by atoms with Crippen molar-refractivity contribution >= 4 is 0 Å². The highest BCUT2D eigenvalue weighted by atomic mass is 19.3. The molecule has 2 aromatic carbocycles. The highest BCUT2D eigenvalue weighted by Crippen LogP contribution is 2.20. The zero-order chi connectivity index (χ0) is 17.6. The van der Waals surface area contributed by atoms with Crippen molar-refractivity contribution in [3.63, 3.8) is 0 Å². The van der Waals surface area contributed by atoms with Crippen molar-refractivity contribution in [2.45, 2.75) is 13.6 Å². The van der Waals surface area contributed by atoms with E-state index in [9.17, 15) is 26.5 Å². The molecule has 0 aromatic heterocycles. The summed E-state index contributed by atoms with van der Waals surface area (Å²) in [6.45, 7) is 0.451. The highest BCUT2D eigenvalue weighted by molar-refractivity contribution is 5.37. The SMILES string of the molecule is Cc1cc(F)c(CF)c(F)c1.N#Cc1c(F)cc(OF)cc1F. The Hall–Kier alpha value is -2.69. The number of nitrogens with zero attached hydrogens (tertiary/aromatic N) is 1. The number of halogens is 6. The number of nitriles is 1. The van der Waals surface area contributed by atoms with Crippen LogP contribution in [0.5, 0.6) is 5.75 Å². The van der Waals surface area contributed by atoms with Crippen molar-refractivity contribution in [2.75, 3.05) is 0 Å². The van der Waals surface area contributed by atoms with Crippen molar-refractivity contribution < 1.29 is 31.4 Å². The summed E-state index contributed by atoms with van der Waals surface area (Å²) in [6.07, 6.45) is 0. The molecule has 0 unspecified atom stereocenters. The normalized spacial score (nSPS) is 9.65. The first kappa shape index (κ1) is 18.4. The predicted octanol–water partition coefficient (Wildman–Crippen LogP) is 4.84. The van der Waals surface area contributed by atoms with Gasteiger partial charge in [0.15, 0.2) is 5.75 Å². The molecule has 0 N–H and O–H groups in total. The van der Waals surface area contributed by atoms with E-state index in [0.717, 1.165) is 12.1 Å². The van der Waals surface area contributed by atoms with Crippen LogP contribution in [0, 0.1) is 41.5 Å². The van der Waals surface area contributed by atoms with E-state index in [1.54, 1.807) is 6.92 Å². The van der Waals surface area contributed by atoms with Crippen LogP contribution in [0.2, 0.25) is 0 Å². The molecule has 0 aliphatic carbocycles. The van der Waals surface area contributed by atoms with E-state index in [1.165, 1.54) is 6.07 Å². The van der Waals surface area contributed by atoms with Gasteiger partial charge >= 0.3 is 0 Å². The van der Waals surface area contributed by atoms with Crippen molar-refractivity contribution in [3.8, 4) is 11.8 Å². The third-order valence-electron chi connectivity index (χ3n) is 2.64. The predicted molar refractivity (Wildman–Crippen MR) is 68.7 cm³/mol. The molecule has 2 rings (SSSR count). The molecule has 2 nitrogen and oxygen atoms in total. The first-order valence-corrected chi connectivity index (χ1v) is 6.02. The zero-order valence-corrected chi connectivity index (χ0v) is 11.6. The first-order chi connectivity index (χ1) is 10.8. The van der Waals surface area contributed by atoms with Crippen LogP contribution in [0.4, 0.5) is 26.5 Å². The molecule has 0 radical (unpaired) electrons. The van der Waals surface area contributed by atoms with Gasteiger partial charge in [0.05, 0.1) is 5.56 Å². The second-order valence-corrected chi connectivity index (χ2v) is 4.29. The second kappa shape index (κ2) is 8.08. The van der Waals surface area contributed by atoms with Crippen molar-refractivity contribution in [2.24, 2.45) is 0 Å². The summed E-state index contributed by atoms with van der Waals surface area (Å²) in [4.78, 5) is 3.09. The number of rotatable bonds is 2. The molecule has 0 saturated heterocycles. The van der Waals surface area contributed by atoms with Gasteiger partial charge in [0.1, 0.15) is 41.6 Å². The van der Waals surface area contributed by atoms with Crippen molar-refractivity contribution in [1.82, 2.24) is 0 Å². The van der Waals surface area contributed by atoms with Crippen LogP contribution in [-0.4, -0.2) is 0 Å². The highest BCUT2D eigenvalue weighted by Gasteiger charge is 2.11. The Morgan fingerprint density at radius 1 is 0.957 bits per heavy atom. The van der Waals surface area contributed by atoms with Gasteiger partial charge in [-0.3, -0.25) is 4.94 Å². The largest absolute Gasteiger partial charge is 0.294 e. The van der Waals surface area contributed by atoms with Crippen LogP contribution in [0.1, 0.15) is 16.7 Å². The summed E-state index contributed by atoms with van der Waals surface area (Å²) in [6, 6.07) is 4.67. The standard InChI is InChI=1S/C8H7F3.C7H2F3NO/c1-5-2-7(10)6(4-9)8(11)3-5;8-6-1-4(12-10)2-7(9)5(6)3-11/h2-3H,4H2,1H3;1-2H. The lowest BCUT2D eigenvalue weighted by molar-refractivity contribution is -0.00692. The molecule has 2 aromatic rings. The summed E-state index contributed by atoms with van der Waals surface area (Å²) in [5.74, 6) is -4.53. The number of alkyl halides is 1. The maximum Gasteiger partial charge on any atom is 0.177 e. The average Bonchev–Trinajstić information content (AvgIpc) is 2.47. The lowest BCUT2D eigenvalue weighted by Crippen LogP contribution is -1.93. The molecule has 0 heterocycles. The van der Waals surface area contributed by atoms with Crippen molar-refractivity contribution in [1.29, 1.82) is 5.26 Å². The van der Waals surface area contributed by atoms with E-state index in [4.69, 9.17) is 5.26 Å². The minimum absolute atomic E-state index is 0.456. The lowest BCUT2D eigenvalue weighted by Gasteiger charge is -2.00. The van der Waals surface area contributed by atoms with Gasteiger partial charge in [-0.05, 0) is 24.6 Å². The molecule has 0 aliphatic rings. The van der Waals surface area contributed by atoms with E-state index in [-0.39, 0.29) is 0 Å². The second-order valence-electron chi connectivity index (χ2n) is 4.29. The number of hydrogen-bond acceptors (Lipinski definition) is 2. The Morgan fingerprint density at radius 2 is 1.43 bits per heavy atom. The van der Waals surface area contributed by atoms with Crippen molar-refractivity contribution in [3.05, 3.63) is 64.2 Å². The number of benzene rings is 2. The molecular weight excluding hydrogens is 324 g/mol. The minimum Gasteiger partial charge on any atom is -0.294 e. The van der Waals surface area contributed by atoms with Gasteiger partial charge in [0, 0.05) is 16.7 Å². The summed E-state index contributed by atoms with van der Waals surface area (Å²) >= 11 is 0. The molecule has 122 valence electrons. The molecule has 0 fully saturated rings. The van der Waals surface area contributed by atoms with Gasteiger partial charge in [-0.15, -0.1) is 0 Å². The van der Waals surface area contributed by atoms with Crippen LogP contribution < -0.4 is 4.94 Å². The quantitative estimate of drug-likeness (QED) is 0.737. The van der Waals surface area contributed by atoms with Gasteiger partial charge in [0.25, 0.3) is 0 Å². The average molecular weight is 333 g/mol. The molecule has 8 heteroatoms. The van der Waals surface area contributed by atoms with Gasteiger partial charge < -0.3 is 0 Å². The van der Waals surface area contributed by atoms with Crippen LogP contribution in [-0.2, 0) is 6.67 Å². The number of hydrogen-bond donors (Lipinski definition) is 0. The molecule has 0 bridgehead atoms. The third-order valence-corrected chi connectivity index (χ3v) is 2.64. The fourth-order valence-corrected chi connectivity index (χ4v) is 1.56. The number of aryl methyl sites for hydroxylation is 1. The van der Waals surface area contributed by atoms with Gasteiger partial charge in [-0.25, -0.2) is 22.0 Å².